The molecular weight excluding hydrogens is 379 g/mol. The summed E-state index contributed by atoms with van der Waals surface area (Å²) in [7, 11) is 0. The second kappa shape index (κ2) is 7.42. The second-order valence-electron chi connectivity index (χ2n) is 6.01. The quantitative estimate of drug-likeness (QED) is 0.464. The normalized spacial score (nSPS) is 22.6. The molecule has 3 rings (SSSR count). The largest absolute Gasteiger partial charge is 0.370 e. The maximum absolute atomic E-state index is 6.12. The third-order valence-electron chi connectivity index (χ3n) is 4.30. The molecule has 1 aromatic heterocycles. The molecule has 2 aliphatic heterocycles. The zero-order valence-electron chi connectivity index (χ0n) is 12.7. The molecule has 21 heavy (non-hydrogen) atoms. The van der Waals surface area contributed by atoms with Crippen LogP contribution in [-0.2, 0) is 19.5 Å². The molecule has 0 amide bonds. The SMILES string of the molecule is CC1CCCN(C(N)=NCc2nnc3n2CCCC3)C1.I. The molecule has 0 aromatic carbocycles. The summed E-state index contributed by atoms with van der Waals surface area (Å²) in [6, 6.07) is 0. The van der Waals surface area contributed by atoms with Crippen molar-refractivity contribution in [1.29, 1.82) is 0 Å². The molecular formula is C14H25IN6. The molecule has 6 nitrogen and oxygen atoms in total. The molecule has 0 aliphatic carbocycles. The standard InChI is InChI=1S/C14H24N6.HI/c1-11-5-4-7-19(10-11)14(15)16-9-13-18-17-12-6-2-3-8-20(12)13;/h11H,2-10H2,1H3,(H2,15,16);1H. The minimum absolute atomic E-state index is 0. The summed E-state index contributed by atoms with van der Waals surface area (Å²) < 4.78 is 2.21. The van der Waals surface area contributed by atoms with Crippen LogP contribution in [-0.4, -0.2) is 38.7 Å². The van der Waals surface area contributed by atoms with Crippen molar-refractivity contribution < 1.29 is 0 Å². The van der Waals surface area contributed by atoms with Gasteiger partial charge in [-0.05, 0) is 31.6 Å². The number of rotatable bonds is 2. The van der Waals surface area contributed by atoms with Crippen molar-refractivity contribution in [2.75, 3.05) is 13.1 Å². The predicted molar refractivity (Wildman–Crippen MR) is 93.7 cm³/mol. The van der Waals surface area contributed by atoms with Crippen LogP contribution in [0.1, 0.15) is 44.3 Å². The summed E-state index contributed by atoms with van der Waals surface area (Å²) in [4.78, 5) is 6.73. The molecule has 1 fully saturated rings. The fourth-order valence-electron chi connectivity index (χ4n) is 3.13. The Morgan fingerprint density at radius 2 is 2.14 bits per heavy atom. The van der Waals surface area contributed by atoms with Crippen molar-refractivity contribution in [3.05, 3.63) is 11.6 Å². The first-order valence-corrected chi connectivity index (χ1v) is 7.70. The molecule has 0 spiro atoms. The van der Waals surface area contributed by atoms with Crippen LogP contribution in [0.4, 0.5) is 0 Å². The van der Waals surface area contributed by atoms with E-state index in [0.717, 1.165) is 37.7 Å². The van der Waals surface area contributed by atoms with Gasteiger partial charge in [0, 0.05) is 26.1 Å². The molecule has 1 atom stereocenters. The molecule has 0 bridgehead atoms. The smallest absolute Gasteiger partial charge is 0.191 e. The molecule has 1 unspecified atom stereocenters. The van der Waals surface area contributed by atoms with E-state index < -0.39 is 0 Å². The number of hydrogen-bond acceptors (Lipinski definition) is 3. The number of hydrogen-bond donors (Lipinski definition) is 1. The maximum atomic E-state index is 6.12. The molecule has 1 aromatic rings. The molecule has 0 saturated carbocycles. The van der Waals surface area contributed by atoms with E-state index in [1.165, 1.54) is 25.7 Å². The Labute approximate surface area is 143 Å². The number of piperidine rings is 1. The van der Waals surface area contributed by atoms with Gasteiger partial charge in [-0.2, -0.15) is 0 Å². The van der Waals surface area contributed by atoms with Crippen LogP contribution in [0.25, 0.3) is 0 Å². The van der Waals surface area contributed by atoms with Crippen molar-refractivity contribution in [3.63, 3.8) is 0 Å². The van der Waals surface area contributed by atoms with Crippen LogP contribution in [0.3, 0.4) is 0 Å². The lowest BCUT2D eigenvalue weighted by Gasteiger charge is -2.31. The van der Waals surface area contributed by atoms with Gasteiger partial charge in [0.15, 0.2) is 11.8 Å². The van der Waals surface area contributed by atoms with Gasteiger partial charge in [-0.15, -0.1) is 34.2 Å². The van der Waals surface area contributed by atoms with Crippen LogP contribution >= 0.6 is 24.0 Å². The van der Waals surface area contributed by atoms with Crippen LogP contribution in [0.2, 0.25) is 0 Å². The van der Waals surface area contributed by atoms with E-state index in [9.17, 15) is 0 Å². The Morgan fingerprint density at radius 1 is 1.29 bits per heavy atom. The molecule has 118 valence electrons. The Balaban J connectivity index is 0.00000161. The number of aromatic nitrogens is 3. The van der Waals surface area contributed by atoms with Gasteiger partial charge in [0.25, 0.3) is 0 Å². The fourth-order valence-corrected chi connectivity index (χ4v) is 3.13. The minimum atomic E-state index is 0. The van der Waals surface area contributed by atoms with E-state index in [1.807, 2.05) is 0 Å². The molecule has 7 heteroatoms. The van der Waals surface area contributed by atoms with Gasteiger partial charge in [-0.1, -0.05) is 6.92 Å². The molecule has 0 radical (unpaired) electrons. The highest BCUT2D eigenvalue weighted by atomic mass is 127. The third kappa shape index (κ3) is 3.87. The number of guanidine groups is 1. The summed E-state index contributed by atoms with van der Waals surface area (Å²) >= 11 is 0. The highest BCUT2D eigenvalue weighted by molar-refractivity contribution is 14.0. The predicted octanol–water partition coefficient (Wildman–Crippen LogP) is 1.78. The number of aryl methyl sites for hydroxylation is 1. The maximum Gasteiger partial charge on any atom is 0.191 e. The fraction of sp³-hybridized carbons (Fsp3) is 0.786. The number of aliphatic imine (C=N–C) groups is 1. The second-order valence-corrected chi connectivity index (χ2v) is 6.01. The van der Waals surface area contributed by atoms with E-state index in [4.69, 9.17) is 5.73 Å². The van der Waals surface area contributed by atoms with Crippen LogP contribution in [0.5, 0.6) is 0 Å². The van der Waals surface area contributed by atoms with Gasteiger partial charge in [-0.3, -0.25) is 0 Å². The average Bonchev–Trinajstić information content (AvgIpc) is 2.88. The lowest BCUT2D eigenvalue weighted by molar-refractivity contribution is 0.270. The number of likely N-dealkylation sites (tertiary alicyclic amines) is 1. The van der Waals surface area contributed by atoms with E-state index in [2.05, 4.69) is 31.6 Å². The van der Waals surface area contributed by atoms with Crippen molar-refractivity contribution in [2.24, 2.45) is 16.6 Å². The first kappa shape index (κ1) is 16.5. The summed E-state index contributed by atoms with van der Waals surface area (Å²) in [5.41, 5.74) is 6.12. The van der Waals surface area contributed by atoms with Gasteiger partial charge in [0.1, 0.15) is 12.4 Å². The highest BCUT2D eigenvalue weighted by Crippen LogP contribution is 2.16. The monoisotopic (exact) mass is 404 g/mol. The Bertz CT molecular complexity index is 498. The van der Waals surface area contributed by atoms with Crippen molar-refractivity contribution >= 4 is 29.9 Å². The van der Waals surface area contributed by atoms with E-state index in [0.29, 0.717) is 18.4 Å². The van der Waals surface area contributed by atoms with Crippen LogP contribution in [0, 0.1) is 5.92 Å². The Morgan fingerprint density at radius 3 is 2.95 bits per heavy atom. The summed E-state index contributed by atoms with van der Waals surface area (Å²) in [5.74, 6) is 3.42. The van der Waals surface area contributed by atoms with Crippen molar-refractivity contribution in [3.8, 4) is 0 Å². The zero-order valence-corrected chi connectivity index (χ0v) is 15.0. The highest BCUT2D eigenvalue weighted by Gasteiger charge is 2.19. The van der Waals surface area contributed by atoms with Gasteiger partial charge in [-0.25, -0.2) is 4.99 Å². The zero-order chi connectivity index (χ0) is 13.9. The summed E-state index contributed by atoms with van der Waals surface area (Å²) in [5, 5.41) is 8.51. The van der Waals surface area contributed by atoms with Gasteiger partial charge in [0.05, 0.1) is 0 Å². The van der Waals surface area contributed by atoms with E-state index in [-0.39, 0.29) is 24.0 Å². The third-order valence-corrected chi connectivity index (χ3v) is 4.30. The van der Waals surface area contributed by atoms with Crippen LogP contribution < -0.4 is 5.73 Å². The lowest BCUT2D eigenvalue weighted by atomic mass is 10.0. The molecule has 2 aliphatic rings. The van der Waals surface area contributed by atoms with E-state index >= 15 is 0 Å². The first-order valence-electron chi connectivity index (χ1n) is 7.70. The van der Waals surface area contributed by atoms with Crippen molar-refractivity contribution in [1.82, 2.24) is 19.7 Å². The Hall–Kier alpha value is -0.860. The first-order chi connectivity index (χ1) is 9.74. The molecule has 1 saturated heterocycles. The number of nitrogens with two attached hydrogens (primary N) is 1. The lowest BCUT2D eigenvalue weighted by Crippen LogP contribution is -2.43. The topological polar surface area (TPSA) is 72.3 Å². The number of halogens is 1. The van der Waals surface area contributed by atoms with Gasteiger partial charge >= 0.3 is 0 Å². The van der Waals surface area contributed by atoms with Gasteiger partial charge in [0.2, 0.25) is 0 Å². The van der Waals surface area contributed by atoms with Gasteiger partial charge < -0.3 is 15.2 Å². The average molecular weight is 404 g/mol. The van der Waals surface area contributed by atoms with Crippen LogP contribution in [0.15, 0.2) is 4.99 Å². The minimum Gasteiger partial charge on any atom is -0.370 e. The summed E-state index contributed by atoms with van der Waals surface area (Å²) in [6.07, 6.45) is 5.96. The number of fused-ring (bicyclic) bond motifs is 1. The Kier molecular flexibility index (Phi) is 5.83. The molecule has 2 N–H and O–H groups in total. The number of nitrogens with zero attached hydrogens (tertiary/aromatic N) is 5. The molecule has 3 heterocycles. The van der Waals surface area contributed by atoms with E-state index in [1.54, 1.807) is 0 Å². The summed E-state index contributed by atoms with van der Waals surface area (Å²) in [6.45, 7) is 5.89. The van der Waals surface area contributed by atoms with Crippen molar-refractivity contribution in [2.45, 2.75) is 52.1 Å².